The fourth-order valence-electron chi connectivity index (χ4n) is 1.63. The summed E-state index contributed by atoms with van der Waals surface area (Å²) in [5.41, 5.74) is 1.68. The van der Waals surface area contributed by atoms with Crippen molar-refractivity contribution in [1.29, 1.82) is 0 Å². The van der Waals surface area contributed by atoms with Gasteiger partial charge in [0.15, 0.2) is 0 Å². The number of benzene rings is 1. The van der Waals surface area contributed by atoms with Crippen molar-refractivity contribution in [1.82, 2.24) is 0 Å². The molecule has 2 aromatic rings. The number of hydrogen-bond donors (Lipinski definition) is 0. The average molecular weight is 186 g/mol. The molecule has 1 aromatic heterocycles. The van der Waals surface area contributed by atoms with Crippen LogP contribution in [-0.4, -0.2) is 0 Å². The van der Waals surface area contributed by atoms with Gasteiger partial charge < -0.3 is 4.42 Å². The summed E-state index contributed by atoms with van der Waals surface area (Å²) < 4.78 is 5.56. The van der Waals surface area contributed by atoms with E-state index in [1.54, 1.807) is 0 Å². The Bertz CT molecular complexity index is 546. The van der Waals surface area contributed by atoms with Crippen molar-refractivity contribution in [3.05, 3.63) is 34.9 Å². The molecule has 72 valence electrons. The van der Waals surface area contributed by atoms with Crippen LogP contribution in [-0.2, 0) is 0 Å². The Hall–Kier alpha value is -1.50. The van der Waals surface area contributed by atoms with Crippen molar-refractivity contribution >= 4 is 23.6 Å². The molecule has 0 fully saturated rings. The lowest BCUT2D eigenvalue weighted by Crippen LogP contribution is -2.18. The van der Waals surface area contributed by atoms with Crippen molar-refractivity contribution in [2.24, 2.45) is 5.92 Å². The molecule has 0 aliphatic heterocycles. The molecule has 0 amide bonds. The van der Waals surface area contributed by atoms with Gasteiger partial charge in [-0.25, -0.2) is 0 Å². The highest BCUT2D eigenvalue weighted by Crippen LogP contribution is 2.07. The highest BCUT2D eigenvalue weighted by atomic mass is 16.3. The van der Waals surface area contributed by atoms with Crippen molar-refractivity contribution < 1.29 is 4.42 Å². The van der Waals surface area contributed by atoms with E-state index in [0.29, 0.717) is 5.92 Å². The monoisotopic (exact) mass is 186 g/mol. The van der Waals surface area contributed by atoms with E-state index in [0.717, 1.165) is 21.6 Å². The molecule has 1 nitrogen and oxygen atoms in total. The van der Waals surface area contributed by atoms with Gasteiger partial charge in [0.05, 0.1) is 0 Å². The highest BCUT2D eigenvalue weighted by molar-refractivity contribution is 5.78. The Morgan fingerprint density at radius 2 is 2.00 bits per heavy atom. The molecule has 1 aromatic carbocycles. The third-order valence-electron chi connectivity index (χ3n) is 2.21. The summed E-state index contributed by atoms with van der Waals surface area (Å²) in [6.45, 7) is 8.22. The van der Waals surface area contributed by atoms with Crippen LogP contribution in [0, 0.1) is 5.92 Å². The first-order chi connectivity index (χ1) is 6.68. The summed E-state index contributed by atoms with van der Waals surface area (Å²) in [6, 6.07) is 8.04. The van der Waals surface area contributed by atoms with Gasteiger partial charge >= 0.3 is 0 Å². The van der Waals surface area contributed by atoms with Crippen LogP contribution in [0.4, 0.5) is 0 Å². The fourth-order valence-corrected chi connectivity index (χ4v) is 1.63. The third kappa shape index (κ3) is 1.46. The van der Waals surface area contributed by atoms with E-state index in [9.17, 15) is 0 Å². The molecule has 0 radical (unpaired) electrons. The zero-order valence-corrected chi connectivity index (χ0v) is 8.58. The molecule has 0 aliphatic rings. The Labute approximate surface area is 83.4 Å². The van der Waals surface area contributed by atoms with Crippen molar-refractivity contribution in [3.63, 3.8) is 0 Å². The molecule has 1 heteroatoms. The van der Waals surface area contributed by atoms with Crippen molar-refractivity contribution in [3.8, 4) is 0 Å². The topological polar surface area (TPSA) is 13.1 Å². The van der Waals surface area contributed by atoms with E-state index in [-0.39, 0.29) is 0 Å². The molecular weight excluding hydrogens is 172 g/mol. The summed E-state index contributed by atoms with van der Waals surface area (Å²) in [5, 5.41) is 2.29. The van der Waals surface area contributed by atoms with Gasteiger partial charge in [0, 0.05) is 10.6 Å². The van der Waals surface area contributed by atoms with E-state index < -0.39 is 0 Å². The zero-order chi connectivity index (χ0) is 10.1. The molecular formula is C13H14O. The van der Waals surface area contributed by atoms with Crippen LogP contribution < -0.4 is 10.6 Å². The van der Waals surface area contributed by atoms with E-state index in [1.165, 1.54) is 0 Å². The van der Waals surface area contributed by atoms with Crippen LogP contribution in [0.2, 0.25) is 0 Å². The summed E-state index contributed by atoms with van der Waals surface area (Å²) in [7, 11) is 0. The number of fused-ring (bicyclic) bond motifs is 1. The standard InChI is InChI=1S/C13H14O/c1-9(2)8-12-10(3)14-13-7-5-4-6-11(12)13/h4-9H,3H2,1-2H3/b12-8+. The van der Waals surface area contributed by atoms with Gasteiger partial charge in [-0.2, -0.15) is 0 Å². The Kier molecular flexibility index (Phi) is 2.16. The van der Waals surface area contributed by atoms with Crippen LogP contribution in [0.5, 0.6) is 0 Å². The Balaban J connectivity index is 2.88. The molecule has 0 atom stereocenters. The molecule has 2 rings (SSSR count). The van der Waals surface area contributed by atoms with Crippen molar-refractivity contribution in [2.75, 3.05) is 0 Å². The predicted molar refractivity (Wildman–Crippen MR) is 60.3 cm³/mol. The van der Waals surface area contributed by atoms with Gasteiger partial charge in [-0.3, -0.25) is 0 Å². The molecule has 0 N–H and O–H groups in total. The second kappa shape index (κ2) is 3.33. The zero-order valence-electron chi connectivity index (χ0n) is 8.58. The minimum atomic E-state index is 0.511. The quantitative estimate of drug-likeness (QED) is 0.666. The summed E-state index contributed by atoms with van der Waals surface area (Å²) >= 11 is 0. The van der Waals surface area contributed by atoms with Gasteiger partial charge in [-0.1, -0.05) is 44.7 Å². The summed E-state index contributed by atoms with van der Waals surface area (Å²) in [4.78, 5) is 0. The number of rotatable bonds is 1. The molecule has 0 saturated heterocycles. The Morgan fingerprint density at radius 3 is 2.71 bits per heavy atom. The molecule has 14 heavy (non-hydrogen) atoms. The second-order valence-corrected chi connectivity index (χ2v) is 3.85. The Morgan fingerprint density at radius 1 is 1.29 bits per heavy atom. The number of para-hydroxylation sites is 1. The van der Waals surface area contributed by atoms with E-state index in [4.69, 9.17) is 4.42 Å². The lowest BCUT2D eigenvalue weighted by Gasteiger charge is -1.91. The maximum Gasteiger partial charge on any atom is 0.135 e. The minimum absolute atomic E-state index is 0.511. The SMILES string of the molecule is C=c1oc2ccccc2/c1=C/C(C)C. The average Bonchev–Trinajstić information content (AvgIpc) is 2.43. The van der Waals surface area contributed by atoms with E-state index in [2.05, 4.69) is 32.6 Å². The number of hydrogen-bond acceptors (Lipinski definition) is 1. The third-order valence-corrected chi connectivity index (χ3v) is 2.21. The predicted octanol–water partition coefficient (Wildman–Crippen LogP) is 2.28. The first-order valence-electron chi connectivity index (χ1n) is 4.87. The van der Waals surface area contributed by atoms with Gasteiger partial charge in [-0.05, 0) is 12.0 Å². The summed E-state index contributed by atoms with van der Waals surface area (Å²) in [6.07, 6.45) is 2.19. The maximum absolute atomic E-state index is 5.56. The maximum atomic E-state index is 5.56. The molecule has 0 bridgehead atoms. The first-order valence-corrected chi connectivity index (χ1v) is 4.87. The smallest absolute Gasteiger partial charge is 0.135 e. The largest absolute Gasteiger partial charge is 0.457 e. The van der Waals surface area contributed by atoms with Crippen LogP contribution in [0.3, 0.4) is 0 Å². The first kappa shape index (κ1) is 9.07. The second-order valence-electron chi connectivity index (χ2n) is 3.85. The minimum Gasteiger partial charge on any atom is -0.457 e. The van der Waals surface area contributed by atoms with Gasteiger partial charge in [-0.15, -0.1) is 0 Å². The van der Waals surface area contributed by atoms with Crippen molar-refractivity contribution in [2.45, 2.75) is 13.8 Å². The lowest BCUT2D eigenvalue weighted by molar-refractivity contribution is 0.577. The van der Waals surface area contributed by atoms with Crippen LogP contribution in [0.25, 0.3) is 23.6 Å². The van der Waals surface area contributed by atoms with E-state index in [1.807, 2.05) is 18.2 Å². The normalized spacial score (nSPS) is 12.9. The van der Waals surface area contributed by atoms with Crippen LogP contribution in [0.1, 0.15) is 13.8 Å². The lowest BCUT2D eigenvalue weighted by atomic mass is 10.1. The summed E-state index contributed by atoms with van der Waals surface area (Å²) in [5.74, 6) is 0.511. The molecule has 0 aliphatic carbocycles. The number of furan rings is 1. The molecule has 1 heterocycles. The van der Waals surface area contributed by atoms with Gasteiger partial charge in [0.1, 0.15) is 11.0 Å². The van der Waals surface area contributed by atoms with Crippen LogP contribution in [0.15, 0.2) is 28.7 Å². The van der Waals surface area contributed by atoms with Gasteiger partial charge in [0.25, 0.3) is 0 Å². The van der Waals surface area contributed by atoms with E-state index >= 15 is 0 Å². The molecule has 0 saturated carbocycles. The fraction of sp³-hybridized carbons (Fsp3) is 0.231. The molecule has 0 spiro atoms. The molecule has 0 unspecified atom stereocenters. The van der Waals surface area contributed by atoms with Crippen LogP contribution >= 0.6 is 0 Å². The van der Waals surface area contributed by atoms with Gasteiger partial charge in [0.2, 0.25) is 0 Å². The highest BCUT2D eigenvalue weighted by Gasteiger charge is 2.00.